The van der Waals surface area contributed by atoms with E-state index in [0.717, 1.165) is 12.8 Å². The monoisotopic (exact) mass is 209 g/mol. The topological polar surface area (TPSA) is 26.0 Å². The van der Waals surface area contributed by atoms with Gasteiger partial charge in [-0.3, -0.25) is 0 Å². The van der Waals surface area contributed by atoms with Gasteiger partial charge in [0.25, 0.3) is 0 Å². The molecule has 1 fully saturated rings. The lowest BCUT2D eigenvalue weighted by Crippen LogP contribution is -2.38. The van der Waals surface area contributed by atoms with Gasteiger partial charge in [0.05, 0.1) is 5.92 Å². The van der Waals surface area contributed by atoms with Crippen LogP contribution in [0, 0.1) is 11.8 Å². The third-order valence-electron chi connectivity index (χ3n) is 3.31. The van der Waals surface area contributed by atoms with Gasteiger partial charge in [-0.15, -0.1) is 0 Å². The lowest BCUT2D eigenvalue weighted by Gasteiger charge is -2.23. The van der Waals surface area contributed by atoms with Crippen LogP contribution in [0.4, 0.5) is 13.2 Å². The molecular formula is C10H18F3N. The fourth-order valence-corrected chi connectivity index (χ4v) is 2.22. The van der Waals surface area contributed by atoms with E-state index in [9.17, 15) is 13.2 Å². The Morgan fingerprint density at radius 2 is 1.71 bits per heavy atom. The van der Waals surface area contributed by atoms with Gasteiger partial charge in [0.15, 0.2) is 0 Å². The van der Waals surface area contributed by atoms with Crippen molar-refractivity contribution in [3.05, 3.63) is 0 Å². The van der Waals surface area contributed by atoms with E-state index in [1.54, 1.807) is 0 Å². The van der Waals surface area contributed by atoms with E-state index in [1.165, 1.54) is 0 Å². The molecule has 0 aromatic heterocycles. The number of alkyl halides is 3. The molecule has 0 amide bonds. The smallest absolute Gasteiger partial charge is 0.327 e. The van der Waals surface area contributed by atoms with Crippen molar-refractivity contribution in [3.8, 4) is 0 Å². The SMILES string of the molecule is CCC1CCC(N)C(C(F)(F)F)CC1. The highest BCUT2D eigenvalue weighted by Gasteiger charge is 2.44. The Hall–Kier alpha value is -0.250. The number of nitrogens with two attached hydrogens (primary N) is 1. The summed E-state index contributed by atoms with van der Waals surface area (Å²) in [7, 11) is 0. The first-order valence-corrected chi connectivity index (χ1v) is 5.27. The van der Waals surface area contributed by atoms with Crippen molar-refractivity contribution in [1.29, 1.82) is 0 Å². The van der Waals surface area contributed by atoms with Gasteiger partial charge in [-0.1, -0.05) is 13.3 Å². The summed E-state index contributed by atoms with van der Waals surface area (Å²) in [6, 6.07) is -0.688. The molecule has 1 aliphatic carbocycles. The molecule has 0 spiro atoms. The maximum Gasteiger partial charge on any atom is 0.393 e. The summed E-state index contributed by atoms with van der Waals surface area (Å²) in [5.41, 5.74) is 5.56. The molecule has 0 aromatic carbocycles. The molecule has 0 aromatic rings. The van der Waals surface area contributed by atoms with E-state index >= 15 is 0 Å². The first-order chi connectivity index (χ1) is 6.45. The quantitative estimate of drug-likeness (QED) is 0.660. The Bertz CT molecular complexity index is 179. The minimum absolute atomic E-state index is 0.211. The van der Waals surface area contributed by atoms with Crippen LogP contribution in [0.1, 0.15) is 39.0 Å². The van der Waals surface area contributed by atoms with Crippen molar-refractivity contribution in [2.75, 3.05) is 0 Å². The highest BCUT2D eigenvalue weighted by molar-refractivity contribution is 4.83. The van der Waals surface area contributed by atoms with Gasteiger partial charge in [0.1, 0.15) is 0 Å². The molecule has 2 N–H and O–H groups in total. The predicted octanol–water partition coefficient (Wildman–Crippen LogP) is 3.09. The first kappa shape index (κ1) is 11.8. The molecule has 0 saturated heterocycles. The van der Waals surface area contributed by atoms with Crippen LogP contribution >= 0.6 is 0 Å². The number of rotatable bonds is 1. The first-order valence-electron chi connectivity index (χ1n) is 5.27. The summed E-state index contributed by atoms with van der Waals surface area (Å²) in [6.07, 6.45) is -0.885. The van der Waals surface area contributed by atoms with Crippen LogP contribution in [-0.2, 0) is 0 Å². The number of halogens is 3. The molecule has 3 unspecified atom stereocenters. The molecule has 0 bridgehead atoms. The van der Waals surface area contributed by atoms with Gasteiger partial charge >= 0.3 is 6.18 Å². The van der Waals surface area contributed by atoms with Crippen LogP contribution in [0.5, 0.6) is 0 Å². The molecule has 3 atom stereocenters. The molecular weight excluding hydrogens is 191 g/mol. The molecule has 4 heteroatoms. The van der Waals surface area contributed by atoms with Crippen LogP contribution < -0.4 is 5.73 Å². The normalized spacial score (nSPS) is 35.4. The van der Waals surface area contributed by atoms with Crippen molar-refractivity contribution in [1.82, 2.24) is 0 Å². The summed E-state index contributed by atoms with van der Waals surface area (Å²) in [6.45, 7) is 2.03. The second-order valence-electron chi connectivity index (χ2n) is 4.24. The maximum atomic E-state index is 12.5. The summed E-state index contributed by atoms with van der Waals surface area (Å²) < 4.78 is 37.6. The van der Waals surface area contributed by atoms with E-state index in [4.69, 9.17) is 5.73 Å². The number of hydrogen-bond acceptors (Lipinski definition) is 1. The average Bonchev–Trinajstić information content (AvgIpc) is 2.25. The van der Waals surface area contributed by atoms with Crippen LogP contribution in [-0.4, -0.2) is 12.2 Å². The second kappa shape index (κ2) is 4.51. The van der Waals surface area contributed by atoms with E-state index in [-0.39, 0.29) is 6.42 Å². The maximum absolute atomic E-state index is 12.5. The molecule has 1 saturated carbocycles. The molecule has 0 heterocycles. The van der Waals surface area contributed by atoms with Crippen molar-refractivity contribution >= 4 is 0 Å². The fourth-order valence-electron chi connectivity index (χ4n) is 2.22. The minimum atomic E-state index is -4.11. The largest absolute Gasteiger partial charge is 0.393 e. The Labute approximate surface area is 82.9 Å². The van der Waals surface area contributed by atoms with Crippen LogP contribution in [0.2, 0.25) is 0 Å². The van der Waals surface area contributed by atoms with Crippen molar-refractivity contribution in [3.63, 3.8) is 0 Å². The lowest BCUT2D eigenvalue weighted by molar-refractivity contribution is -0.181. The van der Waals surface area contributed by atoms with Crippen molar-refractivity contribution < 1.29 is 13.2 Å². The van der Waals surface area contributed by atoms with Gasteiger partial charge < -0.3 is 5.73 Å². The molecule has 1 nitrogen and oxygen atoms in total. The Morgan fingerprint density at radius 1 is 1.14 bits per heavy atom. The van der Waals surface area contributed by atoms with Gasteiger partial charge in [0.2, 0.25) is 0 Å². The number of hydrogen-bond donors (Lipinski definition) is 1. The van der Waals surface area contributed by atoms with Crippen LogP contribution in [0.25, 0.3) is 0 Å². The van der Waals surface area contributed by atoms with Crippen molar-refractivity contribution in [2.24, 2.45) is 17.6 Å². The van der Waals surface area contributed by atoms with E-state index in [2.05, 4.69) is 0 Å². The summed E-state index contributed by atoms with van der Waals surface area (Å²) >= 11 is 0. The highest BCUT2D eigenvalue weighted by Crippen LogP contribution is 2.38. The molecule has 1 rings (SSSR count). The molecule has 0 radical (unpaired) electrons. The van der Waals surface area contributed by atoms with Crippen LogP contribution in [0.3, 0.4) is 0 Å². The van der Waals surface area contributed by atoms with E-state index in [1.807, 2.05) is 6.92 Å². The lowest BCUT2D eigenvalue weighted by atomic mass is 9.94. The predicted molar refractivity (Wildman–Crippen MR) is 49.8 cm³/mol. The van der Waals surface area contributed by atoms with E-state index in [0.29, 0.717) is 18.8 Å². The van der Waals surface area contributed by atoms with Gasteiger partial charge in [-0.05, 0) is 31.6 Å². The molecule has 14 heavy (non-hydrogen) atoms. The standard InChI is InChI=1S/C10H18F3N/c1-2-7-3-5-8(10(11,12)13)9(14)6-4-7/h7-9H,2-6,14H2,1H3. The molecule has 0 aliphatic heterocycles. The highest BCUT2D eigenvalue weighted by atomic mass is 19.4. The fraction of sp³-hybridized carbons (Fsp3) is 1.00. The summed E-state index contributed by atoms with van der Waals surface area (Å²) in [5, 5.41) is 0. The third kappa shape index (κ3) is 2.87. The zero-order valence-corrected chi connectivity index (χ0v) is 8.48. The van der Waals surface area contributed by atoms with Gasteiger partial charge in [0, 0.05) is 6.04 Å². The Balaban J connectivity index is 2.60. The summed E-state index contributed by atoms with van der Waals surface area (Å²) in [4.78, 5) is 0. The second-order valence-corrected chi connectivity index (χ2v) is 4.24. The zero-order chi connectivity index (χ0) is 10.8. The third-order valence-corrected chi connectivity index (χ3v) is 3.31. The molecule has 84 valence electrons. The zero-order valence-electron chi connectivity index (χ0n) is 8.48. The van der Waals surface area contributed by atoms with Crippen LogP contribution in [0.15, 0.2) is 0 Å². The van der Waals surface area contributed by atoms with Gasteiger partial charge in [-0.25, -0.2) is 0 Å². The Morgan fingerprint density at radius 3 is 2.21 bits per heavy atom. The summed E-state index contributed by atoms with van der Waals surface area (Å²) in [5.74, 6) is -0.840. The minimum Gasteiger partial charge on any atom is -0.327 e. The Kier molecular flexibility index (Phi) is 3.81. The molecule has 1 aliphatic rings. The van der Waals surface area contributed by atoms with Gasteiger partial charge in [-0.2, -0.15) is 13.2 Å². The average molecular weight is 209 g/mol. The van der Waals surface area contributed by atoms with Crippen molar-refractivity contribution in [2.45, 2.75) is 51.2 Å². The van der Waals surface area contributed by atoms with E-state index < -0.39 is 18.1 Å².